The van der Waals surface area contributed by atoms with E-state index in [1.54, 1.807) is 4.90 Å². The highest BCUT2D eigenvalue weighted by atomic mass is 79.9. The van der Waals surface area contributed by atoms with Crippen molar-refractivity contribution in [1.29, 1.82) is 0 Å². The van der Waals surface area contributed by atoms with Gasteiger partial charge in [0.15, 0.2) is 0 Å². The van der Waals surface area contributed by atoms with Crippen LogP contribution in [-0.4, -0.2) is 30.4 Å². The minimum Gasteiger partial charge on any atom is -1.00 e. The minimum absolute atomic E-state index is 0. The molecule has 3 nitrogen and oxygen atoms in total. The number of halogens is 1. The molecule has 148 valence electrons. The van der Waals surface area contributed by atoms with Gasteiger partial charge in [0, 0.05) is 20.5 Å². The molecule has 2 aromatic rings. The summed E-state index contributed by atoms with van der Waals surface area (Å²) in [6.45, 7) is 4.38. The normalized spacial score (nSPS) is 11.6. The zero-order valence-corrected chi connectivity index (χ0v) is 18.6. The fourth-order valence-corrected chi connectivity index (χ4v) is 3.69. The summed E-state index contributed by atoms with van der Waals surface area (Å²) in [5.74, 6) is 0.129. The van der Waals surface area contributed by atoms with Crippen LogP contribution in [0, 0.1) is 0 Å². The van der Waals surface area contributed by atoms with Gasteiger partial charge in [-0.1, -0.05) is 74.5 Å². The Balaban J connectivity index is 0.00000364. The molecule has 27 heavy (non-hydrogen) atoms. The molecule has 0 saturated heterocycles. The van der Waals surface area contributed by atoms with Gasteiger partial charge in [0.2, 0.25) is 5.91 Å². The van der Waals surface area contributed by atoms with Crippen molar-refractivity contribution in [2.45, 2.75) is 50.5 Å². The van der Waals surface area contributed by atoms with E-state index in [1.807, 2.05) is 50.5 Å². The standard InChI is InChI=1S/C23H32N2O.BrH/c1-5-22(24,6-2)17-18-23(21(26)25(3)4,19-13-9-7-10-14-19)20-15-11-8-12-16-20;/h7-16H,5-6,17-18,24H2,1-4H3;1H. The van der Waals surface area contributed by atoms with Crippen LogP contribution in [0.1, 0.15) is 50.7 Å². The number of amides is 1. The fourth-order valence-electron chi connectivity index (χ4n) is 3.69. The van der Waals surface area contributed by atoms with E-state index in [4.69, 9.17) is 0 Å². The Morgan fingerprint density at radius 2 is 1.26 bits per heavy atom. The average Bonchev–Trinajstić information content (AvgIpc) is 2.69. The highest BCUT2D eigenvalue weighted by Gasteiger charge is 2.44. The summed E-state index contributed by atoms with van der Waals surface area (Å²) in [4.78, 5) is 15.3. The molecule has 4 heteroatoms. The Morgan fingerprint density at radius 1 is 0.852 bits per heavy atom. The summed E-state index contributed by atoms with van der Waals surface area (Å²) < 4.78 is 0. The van der Waals surface area contributed by atoms with E-state index >= 15 is 0 Å². The van der Waals surface area contributed by atoms with Crippen LogP contribution < -0.4 is 22.7 Å². The number of hydrogen-bond acceptors (Lipinski definition) is 1. The van der Waals surface area contributed by atoms with Crippen LogP contribution >= 0.6 is 0 Å². The van der Waals surface area contributed by atoms with E-state index in [0.29, 0.717) is 0 Å². The second-order valence-corrected chi connectivity index (χ2v) is 7.54. The molecule has 0 saturated carbocycles. The van der Waals surface area contributed by atoms with Gasteiger partial charge in [-0.15, -0.1) is 0 Å². The summed E-state index contributed by atoms with van der Waals surface area (Å²) in [6.07, 6.45) is 3.69. The van der Waals surface area contributed by atoms with Crippen LogP contribution in [0.2, 0.25) is 0 Å². The maximum atomic E-state index is 13.6. The van der Waals surface area contributed by atoms with Gasteiger partial charge in [-0.2, -0.15) is 0 Å². The van der Waals surface area contributed by atoms with Gasteiger partial charge < -0.3 is 27.6 Å². The Kier molecular flexibility index (Phi) is 8.70. The van der Waals surface area contributed by atoms with Gasteiger partial charge in [0.25, 0.3) is 0 Å². The predicted molar refractivity (Wildman–Crippen MR) is 108 cm³/mol. The third kappa shape index (κ3) is 4.99. The number of rotatable bonds is 8. The number of quaternary nitrogens is 1. The number of nitrogens with zero attached hydrogens (tertiary/aromatic N) is 1. The van der Waals surface area contributed by atoms with Gasteiger partial charge in [-0.3, -0.25) is 4.79 Å². The molecule has 0 aliphatic carbocycles. The molecule has 2 rings (SSSR count). The lowest BCUT2D eigenvalue weighted by Gasteiger charge is -2.38. The molecular formula is C23H33BrN2O. The Hall–Kier alpha value is -1.65. The van der Waals surface area contributed by atoms with Gasteiger partial charge in [0.1, 0.15) is 0 Å². The highest BCUT2D eigenvalue weighted by Crippen LogP contribution is 2.40. The van der Waals surface area contributed by atoms with Crippen molar-refractivity contribution in [3.63, 3.8) is 0 Å². The summed E-state index contributed by atoms with van der Waals surface area (Å²) >= 11 is 0. The maximum absolute atomic E-state index is 13.6. The van der Waals surface area contributed by atoms with Crippen molar-refractivity contribution in [2.75, 3.05) is 14.1 Å². The van der Waals surface area contributed by atoms with E-state index in [2.05, 4.69) is 43.8 Å². The molecule has 0 radical (unpaired) electrons. The second-order valence-electron chi connectivity index (χ2n) is 7.54. The summed E-state index contributed by atoms with van der Waals surface area (Å²) in [7, 11) is 3.69. The van der Waals surface area contributed by atoms with E-state index in [-0.39, 0.29) is 28.4 Å². The first-order chi connectivity index (χ1) is 12.4. The van der Waals surface area contributed by atoms with E-state index in [9.17, 15) is 4.79 Å². The molecule has 0 fully saturated rings. The van der Waals surface area contributed by atoms with Crippen LogP contribution in [0.25, 0.3) is 0 Å². The number of hydrogen-bond donors (Lipinski definition) is 1. The molecule has 0 aromatic heterocycles. The number of likely N-dealkylation sites (N-methyl/N-ethyl adjacent to an activating group) is 1. The van der Waals surface area contributed by atoms with Crippen molar-refractivity contribution in [1.82, 2.24) is 4.90 Å². The monoisotopic (exact) mass is 432 g/mol. The van der Waals surface area contributed by atoms with Crippen LogP contribution in [0.3, 0.4) is 0 Å². The van der Waals surface area contributed by atoms with Crippen molar-refractivity contribution < 1.29 is 27.5 Å². The van der Waals surface area contributed by atoms with Crippen molar-refractivity contribution in [3.8, 4) is 0 Å². The molecule has 0 spiro atoms. The number of carbonyl (C=O) groups excluding carboxylic acids is 1. The first kappa shape index (κ1) is 23.4. The van der Waals surface area contributed by atoms with Crippen molar-refractivity contribution >= 4 is 5.91 Å². The van der Waals surface area contributed by atoms with E-state index < -0.39 is 5.41 Å². The third-order valence-corrected chi connectivity index (χ3v) is 5.83. The van der Waals surface area contributed by atoms with E-state index in [0.717, 1.165) is 36.8 Å². The number of benzene rings is 2. The smallest absolute Gasteiger partial charge is 0.237 e. The molecule has 0 bridgehead atoms. The molecule has 0 heterocycles. The van der Waals surface area contributed by atoms with E-state index in [1.165, 1.54) is 0 Å². The van der Waals surface area contributed by atoms with Gasteiger partial charge in [-0.25, -0.2) is 0 Å². The van der Waals surface area contributed by atoms with Crippen LogP contribution in [0.5, 0.6) is 0 Å². The van der Waals surface area contributed by atoms with Gasteiger partial charge in [0.05, 0.1) is 11.0 Å². The SMILES string of the molecule is CCC([NH3+])(CC)CCC(C(=O)N(C)C)(c1ccccc1)c1ccccc1.[Br-]. The lowest BCUT2D eigenvalue weighted by Crippen LogP contribution is -3.00. The Morgan fingerprint density at radius 3 is 1.59 bits per heavy atom. The highest BCUT2D eigenvalue weighted by molar-refractivity contribution is 5.91. The Bertz CT molecular complexity index is 657. The van der Waals surface area contributed by atoms with Crippen LogP contribution in [0.15, 0.2) is 60.7 Å². The van der Waals surface area contributed by atoms with Gasteiger partial charge in [-0.05, 0) is 30.4 Å². The van der Waals surface area contributed by atoms with Crippen molar-refractivity contribution in [3.05, 3.63) is 71.8 Å². The first-order valence-corrected chi connectivity index (χ1v) is 9.58. The summed E-state index contributed by atoms with van der Waals surface area (Å²) in [5.41, 5.74) is 5.91. The maximum Gasteiger partial charge on any atom is 0.237 e. The third-order valence-electron chi connectivity index (χ3n) is 5.83. The van der Waals surface area contributed by atoms with Gasteiger partial charge >= 0.3 is 0 Å². The second kappa shape index (κ2) is 10.0. The molecule has 0 aliphatic heterocycles. The summed E-state index contributed by atoms with van der Waals surface area (Å²) in [5, 5.41) is 0. The zero-order valence-electron chi connectivity index (χ0n) is 17.0. The predicted octanol–water partition coefficient (Wildman–Crippen LogP) is 0.646. The van der Waals surface area contributed by atoms with Crippen LogP contribution in [0.4, 0.5) is 0 Å². The quantitative estimate of drug-likeness (QED) is 0.653. The molecule has 2 aromatic carbocycles. The van der Waals surface area contributed by atoms with Crippen molar-refractivity contribution in [2.24, 2.45) is 0 Å². The largest absolute Gasteiger partial charge is 1.00 e. The average molecular weight is 433 g/mol. The molecule has 1 amide bonds. The number of carbonyl (C=O) groups is 1. The zero-order chi connectivity index (χ0) is 19.2. The Labute approximate surface area is 174 Å². The summed E-state index contributed by atoms with van der Waals surface area (Å²) in [6, 6.07) is 20.4. The lowest BCUT2D eigenvalue weighted by atomic mass is 9.68. The van der Waals surface area contributed by atoms with Crippen LogP contribution in [-0.2, 0) is 10.2 Å². The fraction of sp³-hybridized carbons (Fsp3) is 0.435. The molecule has 0 aliphatic rings. The molecule has 0 unspecified atom stereocenters. The lowest BCUT2D eigenvalue weighted by molar-refractivity contribution is -0.482. The first-order valence-electron chi connectivity index (χ1n) is 9.58. The molecular weight excluding hydrogens is 400 g/mol. The minimum atomic E-state index is -0.681. The molecule has 3 N–H and O–H groups in total. The molecule has 0 atom stereocenters. The topological polar surface area (TPSA) is 48.0 Å².